The van der Waals surface area contributed by atoms with E-state index in [-0.39, 0.29) is 0 Å². The van der Waals surface area contributed by atoms with Gasteiger partial charge in [-0.25, -0.2) is 0 Å². The number of benzene rings is 19. The van der Waals surface area contributed by atoms with Gasteiger partial charge < -0.3 is 28.1 Å². The molecule has 0 N–H and O–H groups in total. The van der Waals surface area contributed by atoms with Gasteiger partial charge in [-0.3, -0.25) is 0 Å². The highest BCUT2D eigenvalue weighted by molar-refractivity contribution is 6.13. The summed E-state index contributed by atoms with van der Waals surface area (Å²) in [4.78, 5) is 4.71. The lowest BCUT2D eigenvalue weighted by Crippen LogP contribution is -2.10. The first-order valence-electron chi connectivity index (χ1n) is 40.4. The van der Waals surface area contributed by atoms with Crippen molar-refractivity contribution in [3.05, 3.63) is 461 Å². The van der Waals surface area contributed by atoms with Crippen molar-refractivity contribution in [3.8, 4) is 67.3 Å². The average molecular weight is 1510 g/mol. The third kappa shape index (κ3) is 12.1. The Morgan fingerprint density at radius 2 is 0.314 bits per heavy atom. The number of aromatic nitrogens is 4. The van der Waals surface area contributed by atoms with Crippen LogP contribution in [0, 0.1) is 0 Å². The van der Waals surface area contributed by atoms with E-state index in [2.05, 4.69) is 489 Å². The van der Waals surface area contributed by atoms with Crippen LogP contribution >= 0.6 is 0 Å². The molecule has 0 radical (unpaired) electrons. The lowest BCUT2D eigenvalue weighted by Gasteiger charge is -2.26. The van der Waals surface area contributed by atoms with Crippen LogP contribution in [0.2, 0.25) is 0 Å². The standard InChI is InChI=1S/C58H39N3.C54H37N3/c1-2-14-49-42(12-1)13-11-19-50(49)43-26-24-40(25-27-43)41-28-30-44(31-29-41)59(45-32-36-47(37-33-45)60-55-20-7-3-15-51(55)52-16-4-8-21-56(52)60)46-34-38-48(39-35-46)61-57-22-9-5-17-53(57)54-18-6-10-23-58(54)61;1-2-12-38(13-3-1)39-22-24-40(25-23-39)41-26-28-42(29-27-41)55(43-30-34-45(35-31-43)56-51-18-8-4-14-47(51)48-15-5-9-19-52(48)56)44-32-36-46(37-33-44)57-53-20-10-6-16-49(53)50-17-7-11-21-54(50)57/h1-39H;1-37H. The van der Waals surface area contributed by atoms with Crippen molar-refractivity contribution >= 4 is 132 Å². The fraction of sp³-hybridized carbons (Fsp3) is 0. The summed E-state index contributed by atoms with van der Waals surface area (Å²) in [6.07, 6.45) is 0. The Balaban J connectivity index is 0.000000143. The molecule has 0 aliphatic heterocycles. The van der Waals surface area contributed by atoms with Crippen LogP contribution in [0.4, 0.5) is 34.1 Å². The minimum atomic E-state index is 1.08. The quantitative estimate of drug-likeness (QED) is 0.108. The number of anilines is 6. The zero-order valence-electron chi connectivity index (χ0n) is 64.6. The number of rotatable bonds is 14. The Bertz CT molecular complexity index is 7130. The maximum Gasteiger partial charge on any atom is 0.0541 e. The zero-order chi connectivity index (χ0) is 78.0. The van der Waals surface area contributed by atoms with Gasteiger partial charge in [0, 0.05) is 100.0 Å². The molecule has 0 amide bonds. The molecule has 6 nitrogen and oxygen atoms in total. The molecule has 19 aromatic carbocycles. The van der Waals surface area contributed by atoms with Gasteiger partial charge in [-0.1, -0.05) is 291 Å². The van der Waals surface area contributed by atoms with Crippen LogP contribution in [0.5, 0.6) is 0 Å². The van der Waals surface area contributed by atoms with Crippen LogP contribution in [0.15, 0.2) is 461 Å². The molecular weight excluding hydrogens is 1430 g/mol. The molecule has 23 rings (SSSR count). The Kier molecular flexibility index (Phi) is 17.1. The second kappa shape index (κ2) is 29.3. The minimum Gasteiger partial charge on any atom is -0.311 e. The molecule has 4 aromatic heterocycles. The highest BCUT2D eigenvalue weighted by Gasteiger charge is 2.22. The molecule has 118 heavy (non-hydrogen) atoms. The van der Waals surface area contributed by atoms with Crippen molar-refractivity contribution in [2.75, 3.05) is 9.80 Å². The molecule has 0 fully saturated rings. The molecule has 4 heterocycles. The molecule has 0 aliphatic rings. The second-order valence-electron chi connectivity index (χ2n) is 30.4. The summed E-state index contributed by atoms with van der Waals surface area (Å²) in [6, 6.07) is 167. The highest BCUT2D eigenvalue weighted by Crippen LogP contribution is 2.44. The molecule has 0 atom stereocenters. The lowest BCUT2D eigenvalue weighted by atomic mass is 9.96. The van der Waals surface area contributed by atoms with Gasteiger partial charge in [0.05, 0.1) is 44.1 Å². The van der Waals surface area contributed by atoms with E-state index >= 15 is 0 Å². The molecule has 23 aromatic rings. The number of nitrogens with zero attached hydrogens (tertiary/aromatic N) is 6. The van der Waals surface area contributed by atoms with Crippen LogP contribution in [0.25, 0.3) is 165 Å². The van der Waals surface area contributed by atoms with Crippen molar-refractivity contribution in [1.29, 1.82) is 0 Å². The van der Waals surface area contributed by atoms with Gasteiger partial charge in [-0.05, 0) is 225 Å². The SMILES string of the molecule is c1ccc(-c2ccc(-c3ccc(N(c4ccc(-n5c6ccccc6c6ccccc65)cc4)c4ccc(-n5c6ccccc6c6ccccc65)cc4)cc3)cc2)cc1.c1ccc2c(-c3ccc(-c4ccc(N(c5ccc(-n6c7ccccc7c7ccccc76)cc5)c5ccc(-n6c7ccccc7c7ccccc76)cc5)cc4)cc3)cccc2c1. The summed E-state index contributed by atoms with van der Waals surface area (Å²) in [6.45, 7) is 0. The van der Waals surface area contributed by atoms with Gasteiger partial charge in [0.25, 0.3) is 0 Å². The zero-order valence-corrected chi connectivity index (χ0v) is 64.6. The van der Waals surface area contributed by atoms with Crippen LogP contribution < -0.4 is 9.80 Å². The Hall–Kier alpha value is -15.8. The first kappa shape index (κ1) is 69.0. The number of fused-ring (bicyclic) bond motifs is 13. The van der Waals surface area contributed by atoms with Gasteiger partial charge in [-0.2, -0.15) is 0 Å². The smallest absolute Gasteiger partial charge is 0.0541 e. The monoisotopic (exact) mass is 1500 g/mol. The molecule has 0 bridgehead atoms. The van der Waals surface area contributed by atoms with E-state index < -0.39 is 0 Å². The number of hydrogen-bond donors (Lipinski definition) is 0. The highest BCUT2D eigenvalue weighted by atomic mass is 15.2. The summed E-state index contributed by atoms with van der Waals surface area (Å²) >= 11 is 0. The van der Waals surface area contributed by atoms with Crippen LogP contribution in [0.3, 0.4) is 0 Å². The van der Waals surface area contributed by atoms with Crippen LogP contribution in [-0.4, -0.2) is 18.3 Å². The van der Waals surface area contributed by atoms with E-state index in [1.54, 1.807) is 0 Å². The van der Waals surface area contributed by atoms with Gasteiger partial charge in [0.2, 0.25) is 0 Å². The van der Waals surface area contributed by atoms with Gasteiger partial charge in [0.15, 0.2) is 0 Å². The average Bonchev–Trinajstić information content (AvgIpc) is 1.66. The fourth-order valence-corrected chi connectivity index (χ4v) is 18.1. The van der Waals surface area contributed by atoms with Crippen molar-refractivity contribution in [1.82, 2.24) is 18.3 Å². The largest absolute Gasteiger partial charge is 0.311 e. The first-order valence-corrected chi connectivity index (χ1v) is 40.4. The molecule has 0 unspecified atom stereocenters. The Morgan fingerprint density at radius 1 is 0.127 bits per heavy atom. The first-order chi connectivity index (χ1) is 58.5. The topological polar surface area (TPSA) is 26.2 Å². The van der Waals surface area contributed by atoms with Crippen LogP contribution in [0.1, 0.15) is 0 Å². The molecule has 6 heteroatoms. The van der Waals surface area contributed by atoms with Crippen LogP contribution in [-0.2, 0) is 0 Å². The summed E-state index contributed by atoms with van der Waals surface area (Å²) < 4.78 is 9.49. The van der Waals surface area contributed by atoms with Crippen molar-refractivity contribution in [3.63, 3.8) is 0 Å². The third-order valence-corrected chi connectivity index (χ3v) is 23.7. The fourth-order valence-electron chi connectivity index (χ4n) is 18.1. The summed E-state index contributed by atoms with van der Waals surface area (Å²) in [5, 5.41) is 12.6. The number of para-hydroxylation sites is 8. The summed E-state index contributed by atoms with van der Waals surface area (Å²) in [7, 11) is 0. The predicted octanol–water partition coefficient (Wildman–Crippen LogP) is 30.5. The molecule has 554 valence electrons. The van der Waals surface area contributed by atoms with Gasteiger partial charge in [0.1, 0.15) is 0 Å². The van der Waals surface area contributed by atoms with Gasteiger partial charge >= 0.3 is 0 Å². The van der Waals surface area contributed by atoms with E-state index in [1.807, 2.05) is 0 Å². The van der Waals surface area contributed by atoms with E-state index in [0.29, 0.717) is 0 Å². The van der Waals surface area contributed by atoms with E-state index in [0.717, 1.165) is 56.9 Å². The van der Waals surface area contributed by atoms with E-state index in [9.17, 15) is 0 Å². The maximum absolute atomic E-state index is 2.37. The van der Waals surface area contributed by atoms with E-state index in [1.165, 1.54) is 143 Å². The van der Waals surface area contributed by atoms with Crippen molar-refractivity contribution < 1.29 is 0 Å². The predicted molar refractivity (Wildman–Crippen MR) is 499 cm³/mol. The number of hydrogen-bond acceptors (Lipinski definition) is 2. The Labute approximate surface area is 684 Å². The lowest BCUT2D eigenvalue weighted by molar-refractivity contribution is 1.17. The van der Waals surface area contributed by atoms with Crippen molar-refractivity contribution in [2.45, 2.75) is 0 Å². The molecular formula is C112H76N6. The third-order valence-electron chi connectivity index (χ3n) is 23.7. The summed E-state index contributed by atoms with van der Waals surface area (Å²) in [5.74, 6) is 0. The normalized spacial score (nSPS) is 11.6. The Morgan fingerprint density at radius 3 is 0.576 bits per heavy atom. The van der Waals surface area contributed by atoms with E-state index in [4.69, 9.17) is 0 Å². The molecule has 0 saturated carbocycles. The second-order valence-corrected chi connectivity index (χ2v) is 30.4. The molecule has 0 spiro atoms. The minimum absolute atomic E-state index is 1.08. The van der Waals surface area contributed by atoms with Crippen molar-refractivity contribution in [2.24, 2.45) is 0 Å². The molecule has 0 aliphatic carbocycles. The molecule has 0 saturated heterocycles. The van der Waals surface area contributed by atoms with Gasteiger partial charge in [-0.15, -0.1) is 0 Å². The summed E-state index contributed by atoms with van der Waals surface area (Å²) in [5.41, 5.74) is 30.3. The maximum atomic E-state index is 2.37.